The van der Waals surface area contributed by atoms with E-state index < -0.39 is 0 Å². The van der Waals surface area contributed by atoms with Crippen LogP contribution in [0, 0.1) is 0 Å². The van der Waals surface area contributed by atoms with E-state index in [-0.39, 0.29) is 5.54 Å². The molecule has 0 aliphatic rings. The van der Waals surface area contributed by atoms with Crippen molar-refractivity contribution >= 4 is 6.08 Å². The number of hydrogen-bond donors (Lipinski definition) is 1. The van der Waals surface area contributed by atoms with Gasteiger partial charge in [-0.2, -0.15) is 0 Å². The standard InChI is InChI=1S/C11H15N/c1-11(2,12)9-8-10-6-4-3-5-7-10/h3-9H,12H2,1-2H3. The van der Waals surface area contributed by atoms with Crippen molar-refractivity contribution in [2.45, 2.75) is 19.4 Å². The summed E-state index contributed by atoms with van der Waals surface area (Å²) in [4.78, 5) is 0. The molecule has 0 fully saturated rings. The molecule has 1 aromatic carbocycles. The van der Waals surface area contributed by atoms with E-state index in [0.29, 0.717) is 0 Å². The largest absolute Gasteiger partial charge is 0.322 e. The van der Waals surface area contributed by atoms with Crippen molar-refractivity contribution in [2.75, 3.05) is 0 Å². The Balaban J connectivity index is 2.71. The summed E-state index contributed by atoms with van der Waals surface area (Å²) < 4.78 is 0. The lowest BCUT2D eigenvalue weighted by atomic mass is 10.1. The Morgan fingerprint density at radius 2 is 1.75 bits per heavy atom. The van der Waals surface area contributed by atoms with E-state index in [2.05, 4.69) is 12.1 Å². The normalized spacial score (nSPS) is 12.2. The number of rotatable bonds is 2. The molecule has 0 radical (unpaired) electrons. The fraction of sp³-hybridized carbons (Fsp3) is 0.273. The topological polar surface area (TPSA) is 26.0 Å². The Morgan fingerprint density at radius 3 is 2.25 bits per heavy atom. The van der Waals surface area contributed by atoms with Crippen molar-refractivity contribution < 1.29 is 0 Å². The summed E-state index contributed by atoms with van der Waals surface area (Å²) in [5.41, 5.74) is 6.76. The van der Waals surface area contributed by atoms with Crippen molar-refractivity contribution in [3.8, 4) is 0 Å². The van der Waals surface area contributed by atoms with E-state index in [1.54, 1.807) is 0 Å². The first kappa shape index (κ1) is 9.01. The van der Waals surface area contributed by atoms with Gasteiger partial charge in [0, 0.05) is 5.54 Å². The van der Waals surface area contributed by atoms with Crippen LogP contribution >= 0.6 is 0 Å². The van der Waals surface area contributed by atoms with Crippen LogP contribution in [0.25, 0.3) is 6.08 Å². The molecular weight excluding hydrogens is 146 g/mol. The number of benzene rings is 1. The van der Waals surface area contributed by atoms with Gasteiger partial charge in [-0.25, -0.2) is 0 Å². The van der Waals surface area contributed by atoms with Crippen LogP contribution in [0.1, 0.15) is 19.4 Å². The van der Waals surface area contributed by atoms with Crippen molar-refractivity contribution in [3.63, 3.8) is 0 Å². The summed E-state index contributed by atoms with van der Waals surface area (Å²) in [5, 5.41) is 0. The van der Waals surface area contributed by atoms with Gasteiger partial charge in [0.25, 0.3) is 0 Å². The summed E-state index contributed by atoms with van der Waals surface area (Å²) in [6, 6.07) is 10.2. The average Bonchev–Trinajstić information content (AvgIpc) is 2.02. The molecule has 0 saturated carbocycles. The van der Waals surface area contributed by atoms with Crippen LogP contribution in [-0.2, 0) is 0 Å². The molecule has 0 atom stereocenters. The van der Waals surface area contributed by atoms with Gasteiger partial charge in [0.15, 0.2) is 0 Å². The van der Waals surface area contributed by atoms with Crippen LogP contribution in [0.15, 0.2) is 36.4 Å². The van der Waals surface area contributed by atoms with Crippen LogP contribution in [0.5, 0.6) is 0 Å². The van der Waals surface area contributed by atoms with E-state index in [1.165, 1.54) is 5.56 Å². The van der Waals surface area contributed by atoms with Crippen LogP contribution in [0.3, 0.4) is 0 Å². The molecule has 0 aliphatic carbocycles. The smallest absolute Gasteiger partial charge is 0.0284 e. The minimum atomic E-state index is -0.226. The van der Waals surface area contributed by atoms with Crippen molar-refractivity contribution in [1.29, 1.82) is 0 Å². The fourth-order valence-electron chi connectivity index (χ4n) is 0.875. The second-order valence-corrected chi connectivity index (χ2v) is 3.57. The molecule has 1 nitrogen and oxygen atoms in total. The zero-order valence-corrected chi connectivity index (χ0v) is 7.62. The van der Waals surface area contributed by atoms with Gasteiger partial charge in [0.05, 0.1) is 0 Å². The van der Waals surface area contributed by atoms with Crippen molar-refractivity contribution in [3.05, 3.63) is 42.0 Å². The van der Waals surface area contributed by atoms with Gasteiger partial charge in [-0.15, -0.1) is 0 Å². The lowest BCUT2D eigenvalue weighted by Crippen LogP contribution is -2.28. The highest BCUT2D eigenvalue weighted by Crippen LogP contribution is 2.05. The molecular formula is C11H15N. The summed E-state index contributed by atoms with van der Waals surface area (Å²) in [6.45, 7) is 3.96. The highest BCUT2D eigenvalue weighted by Gasteiger charge is 2.02. The Labute approximate surface area is 73.9 Å². The first-order valence-corrected chi connectivity index (χ1v) is 4.11. The van der Waals surface area contributed by atoms with Gasteiger partial charge >= 0.3 is 0 Å². The molecule has 1 aromatic rings. The highest BCUT2D eigenvalue weighted by molar-refractivity contribution is 5.50. The van der Waals surface area contributed by atoms with Gasteiger partial charge in [0.2, 0.25) is 0 Å². The minimum Gasteiger partial charge on any atom is -0.322 e. The summed E-state index contributed by atoms with van der Waals surface area (Å²) in [7, 11) is 0. The molecule has 0 heterocycles. The molecule has 1 rings (SSSR count). The SMILES string of the molecule is CC(C)(N)C=Cc1ccccc1. The lowest BCUT2D eigenvalue weighted by molar-refractivity contribution is 0.657. The van der Waals surface area contributed by atoms with Gasteiger partial charge < -0.3 is 5.73 Å². The lowest BCUT2D eigenvalue weighted by Gasteiger charge is -2.11. The van der Waals surface area contributed by atoms with Gasteiger partial charge in [-0.3, -0.25) is 0 Å². The molecule has 0 aromatic heterocycles. The minimum absolute atomic E-state index is 0.226. The predicted octanol–water partition coefficient (Wildman–Crippen LogP) is 2.44. The molecule has 64 valence electrons. The second-order valence-electron chi connectivity index (χ2n) is 3.57. The first-order chi connectivity index (χ1) is 5.58. The van der Waals surface area contributed by atoms with E-state index in [4.69, 9.17) is 5.73 Å². The summed E-state index contributed by atoms with van der Waals surface area (Å²) in [5.74, 6) is 0. The fourth-order valence-corrected chi connectivity index (χ4v) is 0.875. The van der Waals surface area contributed by atoms with E-state index in [0.717, 1.165) is 0 Å². The Kier molecular flexibility index (Phi) is 2.66. The van der Waals surface area contributed by atoms with Gasteiger partial charge in [0.1, 0.15) is 0 Å². The third kappa shape index (κ3) is 3.35. The Hall–Kier alpha value is -1.08. The molecule has 2 N–H and O–H groups in total. The van der Waals surface area contributed by atoms with Crippen LogP contribution < -0.4 is 5.73 Å². The first-order valence-electron chi connectivity index (χ1n) is 4.11. The van der Waals surface area contributed by atoms with Gasteiger partial charge in [-0.1, -0.05) is 42.5 Å². The van der Waals surface area contributed by atoms with E-state index >= 15 is 0 Å². The molecule has 1 heteroatoms. The highest BCUT2D eigenvalue weighted by atomic mass is 14.7. The quantitative estimate of drug-likeness (QED) is 0.708. The van der Waals surface area contributed by atoms with E-state index in [1.807, 2.05) is 44.2 Å². The number of nitrogens with two attached hydrogens (primary N) is 1. The van der Waals surface area contributed by atoms with Crippen LogP contribution in [0.4, 0.5) is 0 Å². The zero-order chi connectivity index (χ0) is 9.03. The zero-order valence-electron chi connectivity index (χ0n) is 7.62. The molecule has 12 heavy (non-hydrogen) atoms. The predicted molar refractivity (Wildman–Crippen MR) is 53.7 cm³/mol. The molecule has 0 unspecified atom stereocenters. The van der Waals surface area contributed by atoms with Gasteiger partial charge in [-0.05, 0) is 19.4 Å². The maximum Gasteiger partial charge on any atom is 0.0284 e. The number of hydrogen-bond acceptors (Lipinski definition) is 1. The monoisotopic (exact) mass is 161 g/mol. The second kappa shape index (κ2) is 3.55. The molecule has 0 spiro atoms. The summed E-state index contributed by atoms with van der Waals surface area (Å²) in [6.07, 6.45) is 4.04. The molecule has 0 saturated heterocycles. The summed E-state index contributed by atoms with van der Waals surface area (Å²) >= 11 is 0. The van der Waals surface area contributed by atoms with Crippen LogP contribution in [-0.4, -0.2) is 5.54 Å². The third-order valence-corrected chi connectivity index (χ3v) is 1.50. The van der Waals surface area contributed by atoms with Crippen molar-refractivity contribution in [1.82, 2.24) is 0 Å². The molecule has 0 bridgehead atoms. The maximum absolute atomic E-state index is 5.80. The Morgan fingerprint density at radius 1 is 1.17 bits per heavy atom. The third-order valence-electron chi connectivity index (χ3n) is 1.50. The van der Waals surface area contributed by atoms with E-state index in [9.17, 15) is 0 Å². The Bertz CT molecular complexity index is 254. The van der Waals surface area contributed by atoms with Crippen molar-refractivity contribution in [2.24, 2.45) is 5.73 Å². The molecule has 0 amide bonds. The average molecular weight is 161 g/mol. The molecule has 0 aliphatic heterocycles. The maximum atomic E-state index is 5.80. The van der Waals surface area contributed by atoms with Crippen LogP contribution in [0.2, 0.25) is 0 Å².